The van der Waals surface area contributed by atoms with Crippen molar-refractivity contribution in [3.8, 4) is 0 Å². The minimum absolute atomic E-state index is 0.146. The third kappa shape index (κ3) is 3.96. The molecule has 0 bridgehead atoms. The number of carbonyl (C=O) groups excluding carboxylic acids is 1. The molecular weight excluding hydrogens is 244 g/mol. The molecule has 0 fully saturated rings. The standard InChI is InChI=1S/C13H24N4O2/c1-4-5-10(6-7-18)8-15-13(19)12-11(14)9(2)16-17(12)3/h10,18H,4-8,14H2,1-3H3,(H,15,19). The molecule has 0 aromatic carbocycles. The van der Waals surface area contributed by atoms with Crippen molar-refractivity contribution >= 4 is 11.6 Å². The summed E-state index contributed by atoms with van der Waals surface area (Å²) in [7, 11) is 1.70. The minimum atomic E-state index is -0.209. The number of aryl methyl sites for hydroxylation is 2. The summed E-state index contributed by atoms with van der Waals surface area (Å²) in [5.41, 5.74) is 7.33. The van der Waals surface area contributed by atoms with Gasteiger partial charge in [0.1, 0.15) is 5.69 Å². The summed E-state index contributed by atoms with van der Waals surface area (Å²) in [6.45, 7) is 4.57. The van der Waals surface area contributed by atoms with Crippen molar-refractivity contribution in [1.82, 2.24) is 15.1 Å². The lowest BCUT2D eigenvalue weighted by atomic mass is 10.0. The van der Waals surface area contributed by atoms with Gasteiger partial charge in [0.2, 0.25) is 0 Å². The smallest absolute Gasteiger partial charge is 0.271 e. The number of anilines is 1. The van der Waals surface area contributed by atoms with Gasteiger partial charge in [-0.15, -0.1) is 0 Å². The van der Waals surface area contributed by atoms with E-state index in [9.17, 15) is 4.79 Å². The Balaban J connectivity index is 2.64. The number of amides is 1. The molecule has 0 aliphatic rings. The molecule has 6 heteroatoms. The maximum Gasteiger partial charge on any atom is 0.271 e. The molecule has 0 radical (unpaired) electrons. The van der Waals surface area contributed by atoms with Crippen molar-refractivity contribution in [1.29, 1.82) is 0 Å². The number of carbonyl (C=O) groups is 1. The highest BCUT2D eigenvalue weighted by Crippen LogP contribution is 2.15. The van der Waals surface area contributed by atoms with Crippen LogP contribution in [0.15, 0.2) is 0 Å². The van der Waals surface area contributed by atoms with Crippen molar-refractivity contribution in [2.24, 2.45) is 13.0 Å². The first-order chi connectivity index (χ1) is 9.01. The first-order valence-electron chi connectivity index (χ1n) is 6.69. The Morgan fingerprint density at radius 3 is 2.68 bits per heavy atom. The second-order valence-electron chi connectivity index (χ2n) is 4.85. The first-order valence-corrected chi connectivity index (χ1v) is 6.69. The Hall–Kier alpha value is -1.56. The molecule has 0 aliphatic carbocycles. The molecule has 1 aromatic heterocycles. The highest BCUT2D eigenvalue weighted by atomic mass is 16.3. The Morgan fingerprint density at radius 1 is 1.53 bits per heavy atom. The van der Waals surface area contributed by atoms with Gasteiger partial charge in [-0.3, -0.25) is 9.48 Å². The quantitative estimate of drug-likeness (QED) is 0.683. The zero-order chi connectivity index (χ0) is 14.4. The number of aliphatic hydroxyl groups excluding tert-OH is 1. The van der Waals surface area contributed by atoms with E-state index in [0.29, 0.717) is 36.0 Å². The largest absolute Gasteiger partial charge is 0.396 e. The van der Waals surface area contributed by atoms with E-state index in [1.165, 1.54) is 4.68 Å². The summed E-state index contributed by atoms with van der Waals surface area (Å²) in [5, 5.41) is 16.0. The molecular formula is C13H24N4O2. The van der Waals surface area contributed by atoms with E-state index in [-0.39, 0.29) is 12.5 Å². The van der Waals surface area contributed by atoms with Crippen molar-refractivity contribution in [3.63, 3.8) is 0 Å². The highest BCUT2D eigenvalue weighted by Gasteiger charge is 2.18. The zero-order valence-electron chi connectivity index (χ0n) is 11.9. The number of hydrogen-bond donors (Lipinski definition) is 3. The molecule has 0 saturated heterocycles. The third-order valence-corrected chi connectivity index (χ3v) is 3.27. The Bertz CT molecular complexity index is 423. The van der Waals surface area contributed by atoms with Gasteiger partial charge in [-0.2, -0.15) is 5.10 Å². The topological polar surface area (TPSA) is 93.2 Å². The Morgan fingerprint density at radius 2 is 2.21 bits per heavy atom. The van der Waals surface area contributed by atoms with Gasteiger partial charge in [0.25, 0.3) is 5.91 Å². The summed E-state index contributed by atoms with van der Waals surface area (Å²) < 4.78 is 1.50. The van der Waals surface area contributed by atoms with Crippen molar-refractivity contribution in [3.05, 3.63) is 11.4 Å². The van der Waals surface area contributed by atoms with E-state index >= 15 is 0 Å². The molecule has 0 aliphatic heterocycles. The van der Waals surface area contributed by atoms with Crippen LogP contribution >= 0.6 is 0 Å². The van der Waals surface area contributed by atoms with E-state index < -0.39 is 0 Å². The number of nitrogens with zero attached hydrogens (tertiary/aromatic N) is 2. The Kier molecular flexibility index (Phi) is 5.82. The van der Waals surface area contributed by atoms with E-state index in [1.54, 1.807) is 14.0 Å². The molecule has 4 N–H and O–H groups in total. The fraction of sp³-hybridized carbons (Fsp3) is 0.692. The lowest BCUT2D eigenvalue weighted by Gasteiger charge is -2.15. The van der Waals surface area contributed by atoms with Crippen LogP contribution in [0.4, 0.5) is 5.69 Å². The summed E-state index contributed by atoms with van der Waals surface area (Å²) in [6.07, 6.45) is 2.72. The van der Waals surface area contributed by atoms with Crippen molar-refractivity contribution in [2.75, 3.05) is 18.9 Å². The van der Waals surface area contributed by atoms with Crippen LogP contribution in [0, 0.1) is 12.8 Å². The molecule has 1 amide bonds. The number of rotatable bonds is 7. The van der Waals surface area contributed by atoms with Gasteiger partial charge in [-0.25, -0.2) is 0 Å². The second-order valence-corrected chi connectivity index (χ2v) is 4.85. The van der Waals surface area contributed by atoms with Gasteiger partial charge >= 0.3 is 0 Å². The number of nitrogens with one attached hydrogen (secondary N) is 1. The molecule has 19 heavy (non-hydrogen) atoms. The average molecular weight is 268 g/mol. The lowest BCUT2D eigenvalue weighted by Crippen LogP contribution is -2.31. The van der Waals surface area contributed by atoms with Gasteiger partial charge in [0.05, 0.1) is 11.4 Å². The van der Waals surface area contributed by atoms with E-state index in [2.05, 4.69) is 17.3 Å². The number of aromatic nitrogens is 2. The first kappa shape index (κ1) is 15.5. The van der Waals surface area contributed by atoms with Gasteiger partial charge in [0.15, 0.2) is 0 Å². The fourth-order valence-corrected chi connectivity index (χ4v) is 2.20. The van der Waals surface area contributed by atoms with E-state index in [1.807, 2.05) is 0 Å². The number of hydrogen-bond acceptors (Lipinski definition) is 4. The minimum Gasteiger partial charge on any atom is -0.396 e. The molecule has 0 spiro atoms. The molecule has 0 saturated carbocycles. The molecule has 1 unspecified atom stereocenters. The lowest BCUT2D eigenvalue weighted by molar-refractivity contribution is 0.0934. The summed E-state index contributed by atoms with van der Waals surface area (Å²) in [4.78, 5) is 12.1. The summed E-state index contributed by atoms with van der Waals surface area (Å²) in [5.74, 6) is 0.0918. The fourth-order valence-electron chi connectivity index (χ4n) is 2.20. The van der Waals surface area contributed by atoms with Gasteiger partial charge in [-0.05, 0) is 25.7 Å². The van der Waals surface area contributed by atoms with Crippen molar-refractivity contribution < 1.29 is 9.90 Å². The second kappa shape index (κ2) is 7.13. The van der Waals surface area contributed by atoms with Gasteiger partial charge < -0.3 is 16.2 Å². The monoisotopic (exact) mass is 268 g/mol. The maximum absolute atomic E-state index is 12.1. The third-order valence-electron chi connectivity index (χ3n) is 3.27. The highest BCUT2D eigenvalue weighted by molar-refractivity contribution is 5.97. The SMILES string of the molecule is CCCC(CCO)CNC(=O)c1c(N)c(C)nn1C. The molecule has 1 rings (SSSR count). The van der Waals surface area contributed by atoms with Crippen LogP contribution in [-0.2, 0) is 7.05 Å². The van der Waals surface area contributed by atoms with Crippen LogP contribution in [-0.4, -0.2) is 33.9 Å². The maximum atomic E-state index is 12.1. The average Bonchev–Trinajstić information content (AvgIpc) is 2.61. The number of nitrogens with two attached hydrogens (primary N) is 1. The Labute approximate surface area is 114 Å². The van der Waals surface area contributed by atoms with Crippen LogP contribution in [0.5, 0.6) is 0 Å². The molecule has 1 atom stereocenters. The zero-order valence-corrected chi connectivity index (χ0v) is 11.9. The van der Waals surface area contributed by atoms with E-state index in [4.69, 9.17) is 10.8 Å². The van der Waals surface area contributed by atoms with Crippen molar-refractivity contribution in [2.45, 2.75) is 33.1 Å². The molecule has 6 nitrogen and oxygen atoms in total. The molecule has 108 valence electrons. The number of nitrogen functional groups attached to an aromatic ring is 1. The predicted octanol–water partition coefficient (Wildman–Crippen LogP) is 0.839. The number of aliphatic hydroxyl groups is 1. The van der Waals surface area contributed by atoms with Gasteiger partial charge in [-0.1, -0.05) is 13.3 Å². The van der Waals surface area contributed by atoms with Crippen LogP contribution < -0.4 is 11.1 Å². The van der Waals surface area contributed by atoms with Gasteiger partial charge in [0, 0.05) is 20.2 Å². The van der Waals surface area contributed by atoms with Crippen LogP contribution in [0.25, 0.3) is 0 Å². The van der Waals surface area contributed by atoms with E-state index in [0.717, 1.165) is 12.8 Å². The van der Waals surface area contributed by atoms with Crippen LogP contribution in [0.3, 0.4) is 0 Å². The summed E-state index contributed by atoms with van der Waals surface area (Å²) >= 11 is 0. The molecule has 1 heterocycles. The molecule has 1 aromatic rings. The predicted molar refractivity (Wildman–Crippen MR) is 74.8 cm³/mol. The summed E-state index contributed by atoms with van der Waals surface area (Å²) in [6, 6.07) is 0. The van der Waals surface area contributed by atoms with Crippen LogP contribution in [0.1, 0.15) is 42.4 Å². The normalized spacial score (nSPS) is 12.4. The van der Waals surface area contributed by atoms with Crippen LogP contribution in [0.2, 0.25) is 0 Å².